The summed E-state index contributed by atoms with van der Waals surface area (Å²) < 4.78 is 16.9. The maximum atomic E-state index is 12.3. The molecule has 1 heterocycles. The number of fused-ring (bicyclic) bond motifs is 1. The van der Waals surface area contributed by atoms with Crippen LogP contribution in [-0.2, 0) is 11.2 Å². The molecule has 0 saturated heterocycles. The van der Waals surface area contributed by atoms with Crippen LogP contribution in [0, 0.1) is 6.92 Å². The Kier molecular flexibility index (Phi) is 7.87. The second-order valence-corrected chi connectivity index (χ2v) is 8.76. The van der Waals surface area contributed by atoms with Gasteiger partial charge in [0.25, 0.3) is 0 Å². The number of ether oxygens (including phenoxy) is 3. The Morgan fingerprint density at radius 3 is 2.36 bits per heavy atom. The Morgan fingerprint density at radius 2 is 1.67 bits per heavy atom. The molecule has 0 radical (unpaired) electrons. The van der Waals surface area contributed by atoms with Crippen LogP contribution in [0.3, 0.4) is 0 Å². The maximum absolute atomic E-state index is 12.3. The first-order chi connectivity index (χ1) is 17.4. The minimum absolute atomic E-state index is 0.179. The lowest BCUT2D eigenvalue weighted by atomic mass is 10.1. The number of carbonyl (C=O) groups excluding carboxylic acids is 1. The van der Waals surface area contributed by atoms with E-state index in [2.05, 4.69) is 15.6 Å². The lowest BCUT2D eigenvalue weighted by Gasteiger charge is -2.14. The molecule has 4 aromatic rings. The molecule has 0 spiro atoms. The van der Waals surface area contributed by atoms with E-state index >= 15 is 0 Å². The van der Waals surface area contributed by atoms with Crippen molar-refractivity contribution in [2.45, 2.75) is 13.3 Å². The van der Waals surface area contributed by atoms with Crippen LogP contribution in [0.1, 0.15) is 11.1 Å². The van der Waals surface area contributed by atoms with Gasteiger partial charge in [0, 0.05) is 23.3 Å². The number of carbonyl (C=O) groups is 1. The van der Waals surface area contributed by atoms with Gasteiger partial charge in [0.1, 0.15) is 11.5 Å². The van der Waals surface area contributed by atoms with Gasteiger partial charge in [0.2, 0.25) is 5.91 Å². The number of hydrogen-bond donors (Lipinski definition) is 2. The van der Waals surface area contributed by atoms with Crippen molar-refractivity contribution in [3.05, 3.63) is 83.0 Å². The van der Waals surface area contributed by atoms with Crippen LogP contribution in [0.4, 0.5) is 5.69 Å². The van der Waals surface area contributed by atoms with Crippen LogP contribution in [0.2, 0.25) is 5.02 Å². The summed E-state index contributed by atoms with van der Waals surface area (Å²) in [5.74, 6) is 1.93. The Morgan fingerprint density at radius 1 is 0.944 bits per heavy atom. The van der Waals surface area contributed by atoms with E-state index in [1.54, 1.807) is 56.8 Å². The molecule has 9 heteroatoms. The number of hydrogen-bond acceptors (Lipinski definition) is 6. The fourth-order valence-electron chi connectivity index (χ4n) is 3.54. The molecule has 0 aliphatic heterocycles. The monoisotopic (exact) mass is 521 g/mol. The Balaban J connectivity index is 1.44. The number of benzene rings is 3. The number of pyridine rings is 1. The molecule has 1 aromatic heterocycles. The maximum Gasteiger partial charge on any atom is 0.230 e. The highest BCUT2D eigenvalue weighted by Gasteiger charge is 2.13. The highest BCUT2D eigenvalue weighted by Crippen LogP contribution is 2.38. The minimum Gasteiger partial charge on any atom is -0.493 e. The van der Waals surface area contributed by atoms with Crippen molar-refractivity contribution in [2.75, 3.05) is 19.5 Å². The van der Waals surface area contributed by atoms with Crippen LogP contribution in [0.15, 0.2) is 66.9 Å². The summed E-state index contributed by atoms with van der Waals surface area (Å²) in [4.78, 5) is 16.7. The summed E-state index contributed by atoms with van der Waals surface area (Å²) in [7, 11) is 3.14. The third-order valence-electron chi connectivity index (χ3n) is 5.35. The van der Waals surface area contributed by atoms with E-state index in [9.17, 15) is 4.79 Å². The minimum atomic E-state index is -0.209. The SMILES string of the molecule is COc1cc2nccc(Oc3ccc(NC(=S)NC(=O)Cc4ccc(C)cc4)cc3Cl)c2cc1OC. The van der Waals surface area contributed by atoms with Gasteiger partial charge in [0.15, 0.2) is 16.6 Å². The fourth-order valence-corrected chi connectivity index (χ4v) is 3.99. The number of methoxy groups -OCH3 is 2. The van der Waals surface area contributed by atoms with Crippen molar-refractivity contribution < 1.29 is 19.0 Å². The highest BCUT2D eigenvalue weighted by molar-refractivity contribution is 7.80. The van der Waals surface area contributed by atoms with E-state index in [1.165, 1.54) is 0 Å². The highest BCUT2D eigenvalue weighted by atomic mass is 35.5. The van der Waals surface area contributed by atoms with Crippen molar-refractivity contribution in [3.8, 4) is 23.0 Å². The topological polar surface area (TPSA) is 81.7 Å². The normalized spacial score (nSPS) is 10.6. The number of halogens is 1. The third-order valence-corrected chi connectivity index (χ3v) is 5.85. The Bertz CT molecular complexity index is 1430. The molecule has 184 valence electrons. The smallest absolute Gasteiger partial charge is 0.230 e. The first-order valence-corrected chi connectivity index (χ1v) is 11.8. The van der Waals surface area contributed by atoms with Gasteiger partial charge < -0.3 is 24.8 Å². The number of anilines is 1. The largest absolute Gasteiger partial charge is 0.493 e. The van der Waals surface area contributed by atoms with Gasteiger partial charge >= 0.3 is 0 Å². The molecule has 0 aliphatic carbocycles. The molecule has 7 nitrogen and oxygen atoms in total. The van der Waals surface area contributed by atoms with Gasteiger partial charge in [-0.3, -0.25) is 9.78 Å². The molecule has 0 atom stereocenters. The molecule has 0 aliphatic rings. The number of aromatic nitrogens is 1. The number of nitrogens with one attached hydrogen (secondary N) is 2. The Labute approximate surface area is 219 Å². The molecular formula is C27H24ClN3O4S. The van der Waals surface area contributed by atoms with Crippen molar-refractivity contribution >= 4 is 51.4 Å². The van der Waals surface area contributed by atoms with Gasteiger partial charge in [-0.1, -0.05) is 41.4 Å². The van der Waals surface area contributed by atoms with Gasteiger partial charge in [-0.2, -0.15) is 0 Å². The van der Waals surface area contributed by atoms with Crippen LogP contribution < -0.4 is 24.8 Å². The summed E-state index contributed by atoms with van der Waals surface area (Å²) in [5, 5.41) is 6.94. The summed E-state index contributed by atoms with van der Waals surface area (Å²) in [6.07, 6.45) is 1.87. The van der Waals surface area contributed by atoms with Gasteiger partial charge in [0.05, 0.1) is 31.2 Å². The predicted octanol–water partition coefficient (Wildman–Crippen LogP) is 6.06. The summed E-state index contributed by atoms with van der Waals surface area (Å²) >= 11 is 11.8. The summed E-state index contributed by atoms with van der Waals surface area (Å²) in [5.41, 5.74) is 3.34. The first kappa shape index (κ1) is 25.2. The summed E-state index contributed by atoms with van der Waals surface area (Å²) in [6.45, 7) is 2.00. The zero-order valence-corrected chi connectivity index (χ0v) is 21.5. The molecule has 0 fully saturated rings. The quantitative estimate of drug-likeness (QED) is 0.286. The molecule has 0 saturated carbocycles. The fraction of sp³-hybridized carbons (Fsp3) is 0.148. The molecule has 0 bridgehead atoms. The second-order valence-electron chi connectivity index (χ2n) is 7.95. The lowest BCUT2D eigenvalue weighted by molar-refractivity contribution is -0.119. The van der Waals surface area contributed by atoms with Crippen LogP contribution in [0.5, 0.6) is 23.0 Å². The van der Waals surface area contributed by atoms with Gasteiger partial charge in [-0.25, -0.2) is 0 Å². The van der Waals surface area contributed by atoms with E-state index in [-0.39, 0.29) is 17.4 Å². The van der Waals surface area contributed by atoms with E-state index in [0.29, 0.717) is 39.2 Å². The third kappa shape index (κ3) is 6.02. The van der Waals surface area contributed by atoms with Crippen molar-refractivity contribution in [3.63, 3.8) is 0 Å². The zero-order valence-electron chi connectivity index (χ0n) is 19.9. The first-order valence-electron chi connectivity index (χ1n) is 11.0. The number of nitrogens with zero attached hydrogens (tertiary/aromatic N) is 1. The lowest BCUT2D eigenvalue weighted by Crippen LogP contribution is -2.35. The van der Waals surface area contributed by atoms with E-state index in [1.807, 2.05) is 31.2 Å². The summed E-state index contributed by atoms with van der Waals surface area (Å²) in [6, 6.07) is 18.2. The Hall–Kier alpha value is -3.88. The van der Waals surface area contributed by atoms with E-state index in [4.69, 9.17) is 38.0 Å². The average Bonchev–Trinajstić information content (AvgIpc) is 2.86. The predicted molar refractivity (Wildman–Crippen MR) is 146 cm³/mol. The van der Waals surface area contributed by atoms with E-state index in [0.717, 1.165) is 16.5 Å². The molecule has 4 rings (SSSR count). The number of aryl methyl sites for hydroxylation is 1. The van der Waals surface area contributed by atoms with Crippen LogP contribution in [0.25, 0.3) is 10.9 Å². The molecule has 36 heavy (non-hydrogen) atoms. The zero-order chi connectivity index (χ0) is 25.7. The standard InChI is InChI=1S/C27H24ClN3O4S/c1-16-4-6-17(7-5-16)12-26(32)31-27(36)30-18-8-9-23(20(28)13-18)35-22-10-11-29-21-15-25(34-3)24(33-2)14-19(21)22/h4-11,13-15H,12H2,1-3H3,(H2,30,31,32,36). The molecular weight excluding hydrogens is 498 g/mol. The van der Waals surface area contributed by atoms with Gasteiger partial charge in [-0.05, 0) is 55.0 Å². The number of thiocarbonyl (C=S) groups is 1. The van der Waals surface area contributed by atoms with Crippen LogP contribution >= 0.6 is 23.8 Å². The van der Waals surface area contributed by atoms with Gasteiger partial charge in [-0.15, -0.1) is 0 Å². The van der Waals surface area contributed by atoms with Crippen molar-refractivity contribution in [1.82, 2.24) is 10.3 Å². The van der Waals surface area contributed by atoms with E-state index < -0.39 is 0 Å². The molecule has 2 N–H and O–H groups in total. The number of amides is 1. The number of rotatable bonds is 7. The molecule has 1 amide bonds. The second kappa shape index (κ2) is 11.2. The average molecular weight is 522 g/mol. The van der Waals surface area contributed by atoms with Crippen molar-refractivity contribution in [2.24, 2.45) is 0 Å². The van der Waals surface area contributed by atoms with Crippen molar-refractivity contribution in [1.29, 1.82) is 0 Å². The molecule has 0 unspecified atom stereocenters. The van der Waals surface area contributed by atoms with Crippen LogP contribution in [-0.4, -0.2) is 30.2 Å². The molecule has 3 aromatic carbocycles.